The Bertz CT molecular complexity index is 1200. The molecule has 1 atom stereocenters. The van der Waals surface area contributed by atoms with Gasteiger partial charge in [-0.2, -0.15) is 5.26 Å². The second-order valence-electron chi connectivity index (χ2n) is 13.7. The van der Waals surface area contributed by atoms with Crippen LogP contribution in [0, 0.1) is 22.6 Å². The van der Waals surface area contributed by atoms with E-state index in [1.165, 1.54) is 69.9 Å². The molecule has 236 valence electrons. The zero-order valence-electron chi connectivity index (χ0n) is 27.4. The quantitative estimate of drug-likeness (QED) is 0.0705. The summed E-state index contributed by atoms with van der Waals surface area (Å²) < 4.78 is 26.7. The van der Waals surface area contributed by atoms with E-state index < -0.39 is 11.0 Å². The highest BCUT2D eigenvalue weighted by Gasteiger charge is 2.42. The van der Waals surface area contributed by atoms with Crippen LogP contribution < -0.4 is 0 Å². The molecule has 1 unspecified atom stereocenters. The average Bonchev–Trinajstić information content (AvgIpc) is 3.35. The Morgan fingerprint density at radius 2 is 1.60 bits per heavy atom. The third-order valence-electron chi connectivity index (χ3n) is 9.00. The second-order valence-corrected chi connectivity index (χ2v) is 13.7. The second kappa shape index (κ2) is 16.4. The van der Waals surface area contributed by atoms with E-state index in [1.54, 1.807) is 12.1 Å². The molecule has 43 heavy (non-hydrogen) atoms. The molecule has 0 aliphatic carbocycles. The number of carbonyl (C=O) groups excluding carboxylic acids is 1. The third-order valence-corrected chi connectivity index (χ3v) is 9.00. The van der Waals surface area contributed by atoms with Gasteiger partial charge in [0.2, 0.25) is 6.73 Å². The first-order chi connectivity index (χ1) is 20.5. The molecule has 0 amide bonds. The summed E-state index contributed by atoms with van der Waals surface area (Å²) in [5, 5.41) is 9.36. The van der Waals surface area contributed by atoms with Crippen molar-refractivity contribution in [2.24, 2.45) is 5.41 Å². The molecule has 0 radical (unpaired) electrons. The number of carbonyl (C=O) groups is 1. The lowest BCUT2D eigenvalue weighted by molar-refractivity contribution is -0.907. The summed E-state index contributed by atoms with van der Waals surface area (Å²) in [7, 11) is 4.16. The number of hydrogen-bond acceptors (Lipinski definition) is 4. The predicted molar refractivity (Wildman–Crippen MR) is 171 cm³/mol. The van der Waals surface area contributed by atoms with Gasteiger partial charge in [-0.25, -0.2) is 4.39 Å². The van der Waals surface area contributed by atoms with Crippen molar-refractivity contribution < 1.29 is 23.1 Å². The molecular formula is C37H54FN2O3+. The van der Waals surface area contributed by atoms with Crippen molar-refractivity contribution in [2.45, 2.75) is 116 Å². The predicted octanol–water partition coefficient (Wildman–Crippen LogP) is 9.17. The van der Waals surface area contributed by atoms with E-state index in [9.17, 15) is 14.4 Å². The summed E-state index contributed by atoms with van der Waals surface area (Å²) in [6, 6.07) is 14.4. The number of benzene rings is 2. The molecule has 6 heteroatoms. The summed E-state index contributed by atoms with van der Waals surface area (Å²) in [5.41, 5.74) is 2.34. The first-order valence-electron chi connectivity index (χ1n) is 16.5. The number of quaternary nitrogens is 1. The van der Waals surface area contributed by atoms with Gasteiger partial charge in [0.1, 0.15) is 11.4 Å². The van der Waals surface area contributed by atoms with Crippen LogP contribution in [0.5, 0.6) is 0 Å². The minimum atomic E-state index is -0.704. The fourth-order valence-electron chi connectivity index (χ4n) is 6.17. The molecule has 2 aromatic carbocycles. The molecule has 3 rings (SSSR count). The van der Waals surface area contributed by atoms with E-state index in [4.69, 9.17) is 9.47 Å². The fraction of sp³-hybridized carbons (Fsp3) is 0.622. The van der Waals surface area contributed by atoms with Gasteiger partial charge in [-0.3, -0.25) is 9.28 Å². The van der Waals surface area contributed by atoms with Crippen LogP contribution in [0.15, 0.2) is 42.5 Å². The van der Waals surface area contributed by atoms with Gasteiger partial charge in [-0.05, 0) is 67.6 Å². The average molecular weight is 594 g/mol. The normalized spacial score (nSPS) is 16.6. The van der Waals surface area contributed by atoms with Crippen molar-refractivity contribution in [1.82, 2.24) is 0 Å². The zero-order valence-corrected chi connectivity index (χ0v) is 27.4. The fourth-order valence-corrected chi connectivity index (χ4v) is 6.17. The zero-order chi connectivity index (χ0) is 31.3. The Balaban J connectivity index is 1.47. The summed E-state index contributed by atoms with van der Waals surface area (Å²) in [6.45, 7) is 7.76. The van der Waals surface area contributed by atoms with E-state index in [1.807, 2.05) is 32.0 Å². The van der Waals surface area contributed by atoms with E-state index in [0.717, 1.165) is 42.5 Å². The van der Waals surface area contributed by atoms with Crippen LogP contribution >= 0.6 is 0 Å². The highest BCUT2D eigenvalue weighted by molar-refractivity contribution is 5.75. The lowest BCUT2D eigenvalue weighted by Gasteiger charge is -2.34. The van der Waals surface area contributed by atoms with Crippen LogP contribution in [-0.4, -0.2) is 37.8 Å². The molecule has 0 spiro atoms. The van der Waals surface area contributed by atoms with Gasteiger partial charge in [0.25, 0.3) is 0 Å². The van der Waals surface area contributed by atoms with Crippen molar-refractivity contribution in [2.75, 3.05) is 27.4 Å². The van der Waals surface area contributed by atoms with Crippen molar-refractivity contribution in [1.29, 1.82) is 5.26 Å². The molecule has 1 aliphatic rings. The molecule has 0 bridgehead atoms. The van der Waals surface area contributed by atoms with Gasteiger partial charge in [0.05, 0.1) is 44.3 Å². The number of nitrogens with zero attached hydrogens (tertiary/aromatic N) is 2. The van der Waals surface area contributed by atoms with Crippen molar-refractivity contribution in [3.8, 4) is 6.07 Å². The smallest absolute Gasteiger partial charge is 0.315 e. The van der Waals surface area contributed by atoms with Crippen LogP contribution in [-0.2, 0) is 26.5 Å². The van der Waals surface area contributed by atoms with E-state index in [2.05, 4.69) is 27.1 Å². The van der Waals surface area contributed by atoms with Crippen LogP contribution in [0.4, 0.5) is 4.39 Å². The molecule has 0 saturated heterocycles. The molecule has 0 fully saturated rings. The van der Waals surface area contributed by atoms with Gasteiger partial charge < -0.3 is 9.47 Å². The molecule has 0 N–H and O–H groups in total. The Morgan fingerprint density at radius 1 is 0.977 bits per heavy atom. The lowest BCUT2D eigenvalue weighted by Crippen LogP contribution is -2.45. The van der Waals surface area contributed by atoms with Crippen LogP contribution in [0.3, 0.4) is 0 Å². The SMILES string of the molecule is CCCCCCCCCCCCC(C)(C)C(=O)OC[N+](C)(C)CCCC1(c2ccc(F)cc2)OCc2cc(C#N)ccc21. The van der Waals surface area contributed by atoms with Crippen molar-refractivity contribution in [3.05, 3.63) is 70.5 Å². The van der Waals surface area contributed by atoms with E-state index in [-0.39, 0.29) is 11.8 Å². The van der Waals surface area contributed by atoms with Crippen LogP contribution in [0.25, 0.3) is 0 Å². The first kappa shape index (κ1) is 34.7. The molecule has 1 heterocycles. The van der Waals surface area contributed by atoms with Gasteiger partial charge in [0, 0.05) is 6.42 Å². The van der Waals surface area contributed by atoms with Gasteiger partial charge >= 0.3 is 5.97 Å². The number of rotatable bonds is 19. The molecule has 0 aromatic heterocycles. The minimum absolute atomic E-state index is 0.126. The van der Waals surface area contributed by atoms with Crippen molar-refractivity contribution in [3.63, 3.8) is 0 Å². The van der Waals surface area contributed by atoms with Gasteiger partial charge in [-0.1, -0.05) is 89.3 Å². The largest absolute Gasteiger partial charge is 0.415 e. The first-order valence-corrected chi connectivity index (χ1v) is 16.5. The summed E-state index contributed by atoms with van der Waals surface area (Å²) in [6.07, 6.45) is 15.2. The van der Waals surface area contributed by atoms with Crippen LogP contribution in [0.1, 0.15) is 126 Å². The van der Waals surface area contributed by atoms with Crippen molar-refractivity contribution >= 4 is 5.97 Å². The maximum atomic E-state index is 13.8. The highest BCUT2D eigenvalue weighted by Crippen LogP contribution is 2.45. The summed E-state index contributed by atoms with van der Waals surface area (Å²) >= 11 is 0. The Labute approximate surface area is 260 Å². The third kappa shape index (κ3) is 10.2. The molecular weight excluding hydrogens is 539 g/mol. The maximum absolute atomic E-state index is 13.8. The van der Waals surface area contributed by atoms with Crippen LogP contribution in [0.2, 0.25) is 0 Å². The number of nitriles is 1. The minimum Gasteiger partial charge on any atom is -0.415 e. The summed E-state index contributed by atoms with van der Waals surface area (Å²) in [5.74, 6) is -0.411. The molecule has 0 saturated carbocycles. The Kier molecular flexibility index (Phi) is 13.2. The molecule has 1 aliphatic heterocycles. The Hall–Kier alpha value is -2.75. The number of unbranched alkanes of at least 4 members (excludes halogenated alkanes) is 9. The standard InChI is InChI=1S/C37H54FN2O3/c1-6-7-8-9-10-11-12-13-14-15-23-36(2,3)35(41)42-29-40(4,5)25-16-24-37(32-18-20-33(38)21-19-32)34-22-17-30(27-39)26-31(34)28-43-37/h17-22,26H,6-16,23-25,28-29H2,1-5H3/q+1. The van der Waals surface area contributed by atoms with E-state index in [0.29, 0.717) is 29.8 Å². The van der Waals surface area contributed by atoms with Gasteiger partial charge in [0.15, 0.2) is 0 Å². The number of esters is 1. The monoisotopic (exact) mass is 593 g/mol. The van der Waals surface area contributed by atoms with E-state index >= 15 is 0 Å². The topological polar surface area (TPSA) is 59.3 Å². The molecule has 5 nitrogen and oxygen atoms in total. The number of hydrogen-bond donors (Lipinski definition) is 0. The lowest BCUT2D eigenvalue weighted by atomic mass is 9.81. The Morgan fingerprint density at radius 3 is 2.23 bits per heavy atom. The number of fused-ring (bicyclic) bond motifs is 1. The van der Waals surface area contributed by atoms with Gasteiger partial charge in [-0.15, -0.1) is 0 Å². The maximum Gasteiger partial charge on any atom is 0.315 e. The molecule has 2 aromatic rings. The number of halogens is 1. The highest BCUT2D eigenvalue weighted by atomic mass is 19.1. The summed E-state index contributed by atoms with van der Waals surface area (Å²) in [4.78, 5) is 13.0. The number of ether oxygens (including phenoxy) is 2.